The second kappa shape index (κ2) is 6.68. The van der Waals surface area contributed by atoms with E-state index in [2.05, 4.69) is 9.97 Å². The van der Waals surface area contributed by atoms with Crippen molar-refractivity contribution in [3.05, 3.63) is 42.9 Å². The van der Waals surface area contributed by atoms with Gasteiger partial charge in [0.15, 0.2) is 6.10 Å². The van der Waals surface area contributed by atoms with Crippen LogP contribution < -0.4 is 4.74 Å². The number of nitrogens with zero attached hydrogens (tertiary/aromatic N) is 3. The molecular formula is C19H17N3O5S. The summed E-state index contributed by atoms with van der Waals surface area (Å²) in [6.45, 7) is 1.34. The molecule has 4 aliphatic heterocycles. The van der Waals surface area contributed by atoms with Crippen LogP contribution >= 0.6 is 11.3 Å². The van der Waals surface area contributed by atoms with Crippen LogP contribution in [-0.2, 0) is 19.1 Å². The second-order valence-electron chi connectivity index (χ2n) is 6.90. The Morgan fingerprint density at radius 2 is 1.89 bits per heavy atom. The third kappa shape index (κ3) is 2.87. The number of piperidine rings is 3. The molecule has 0 aliphatic carbocycles. The van der Waals surface area contributed by atoms with E-state index in [4.69, 9.17) is 14.2 Å². The van der Waals surface area contributed by atoms with E-state index in [0.717, 1.165) is 35.4 Å². The highest BCUT2D eigenvalue weighted by atomic mass is 32.1. The molecule has 2 aromatic heterocycles. The van der Waals surface area contributed by atoms with Crippen LogP contribution in [0.4, 0.5) is 0 Å². The first kappa shape index (κ1) is 17.3. The standard InChI is InChI=1S/C19H17N3O5S/c23-15-3-4-16(24)27-19(26-15)17(12-5-8-22(19)9-6-12)25-18-21-11-14(28-18)13-2-1-7-20-10-13/h1-4,7,10-12,17H,5-6,8-9H2. The molecule has 0 aromatic carbocycles. The molecule has 28 heavy (non-hydrogen) atoms. The molecule has 144 valence electrons. The molecule has 1 atom stereocenters. The molecule has 0 radical (unpaired) electrons. The van der Waals surface area contributed by atoms with Gasteiger partial charge in [0, 0.05) is 55.3 Å². The normalized spacial score (nSPS) is 27.9. The summed E-state index contributed by atoms with van der Waals surface area (Å²) in [5.41, 5.74) is 0.940. The van der Waals surface area contributed by atoms with Crippen molar-refractivity contribution in [3.8, 4) is 15.6 Å². The highest BCUT2D eigenvalue weighted by molar-refractivity contribution is 7.16. The first-order valence-electron chi connectivity index (χ1n) is 9.06. The van der Waals surface area contributed by atoms with Crippen molar-refractivity contribution in [1.29, 1.82) is 0 Å². The van der Waals surface area contributed by atoms with Gasteiger partial charge in [-0.15, -0.1) is 0 Å². The summed E-state index contributed by atoms with van der Waals surface area (Å²) in [5.74, 6) is -2.71. The Labute approximate surface area is 164 Å². The van der Waals surface area contributed by atoms with Crippen LogP contribution in [0.15, 0.2) is 42.9 Å². The number of rotatable bonds is 3. The van der Waals surface area contributed by atoms with E-state index < -0.39 is 24.0 Å². The van der Waals surface area contributed by atoms with E-state index in [-0.39, 0.29) is 5.92 Å². The molecule has 1 unspecified atom stereocenters. The van der Waals surface area contributed by atoms with Gasteiger partial charge in [-0.1, -0.05) is 17.4 Å². The van der Waals surface area contributed by atoms with Gasteiger partial charge in [0.25, 0.3) is 5.19 Å². The van der Waals surface area contributed by atoms with Gasteiger partial charge in [0.1, 0.15) is 0 Å². The van der Waals surface area contributed by atoms with Crippen molar-refractivity contribution in [2.75, 3.05) is 13.1 Å². The summed E-state index contributed by atoms with van der Waals surface area (Å²) >= 11 is 1.37. The average Bonchev–Trinajstić information content (AvgIpc) is 3.13. The maximum absolute atomic E-state index is 12.1. The number of hydrogen-bond donors (Lipinski definition) is 0. The summed E-state index contributed by atoms with van der Waals surface area (Å²) in [5, 5.41) is 0.432. The largest absolute Gasteiger partial charge is 0.456 e. The van der Waals surface area contributed by atoms with Gasteiger partial charge in [-0.2, -0.15) is 0 Å². The molecule has 6 heterocycles. The topological polar surface area (TPSA) is 90.9 Å². The maximum Gasteiger partial charge on any atom is 0.359 e. The molecule has 2 aromatic rings. The minimum atomic E-state index is -1.56. The molecule has 3 fully saturated rings. The molecule has 8 nitrogen and oxygen atoms in total. The molecule has 6 rings (SSSR count). The number of esters is 2. The monoisotopic (exact) mass is 399 g/mol. The Hall–Kier alpha value is -2.78. The van der Waals surface area contributed by atoms with Crippen LogP contribution in [0.1, 0.15) is 12.8 Å². The van der Waals surface area contributed by atoms with Crippen LogP contribution in [-0.4, -0.2) is 51.9 Å². The van der Waals surface area contributed by atoms with Gasteiger partial charge in [0.05, 0.1) is 4.88 Å². The zero-order valence-electron chi connectivity index (χ0n) is 14.8. The van der Waals surface area contributed by atoms with E-state index >= 15 is 0 Å². The first-order valence-corrected chi connectivity index (χ1v) is 9.88. The summed E-state index contributed by atoms with van der Waals surface area (Å²) < 4.78 is 17.4. The number of thiazole rings is 1. The highest BCUT2D eigenvalue weighted by Crippen LogP contribution is 2.45. The molecule has 9 heteroatoms. The molecule has 1 spiro atoms. The van der Waals surface area contributed by atoms with Crippen molar-refractivity contribution < 1.29 is 23.8 Å². The predicted octanol–water partition coefficient (Wildman–Crippen LogP) is 1.99. The van der Waals surface area contributed by atoms with Crippen molar-refractivity contribution in [3.63, 3.8) is 0 Å². The fraction of sp³-hybridized carbons (Fsp3) is 0.368. The summed E-state index contributed by atoms with van der Waals surface area (Å²) in [7, 11) is 0. The average molecular weight is 399 g/mol. The zero-order chi connectivity index (χ0) is 19.1. The molecule has 4 aliphatic rings. The maximum atomic E-state index is 12.1. The van der Waals surface area contributed by atoms with Gasteiger partial charge < -0.3 is 14.2 Å². The van der Waals surface area contributed by atoms with Crippen LogP contribution in [0.2, 0.25) is 0 Å². The number of carbonyl (C=O) groups excluding carboxylic acids is 2. The van der Waals surface area contributed by atoms with Gasteiger partial charge in [-0.25, -0.2) is 19.5 Å². The SMILES string of the molecule is O=C1C=CC(=O)OC2(O1)C(Oc1ncc(-c3cccnc3)s1)C1CCN2CC1. The Balaban J connectivity index is 1.47. The summed E-state index contributed by atoms with van der Waals surface area (Å²) in [4.78, 5) is 35.5. The lowest BCUT2D eigenvalue weighted by molar-refractivity contribution is -0.348. The number of carbonyl (C=O) groups is 2. The fourth-order valence-electron chi connectivity index (χ4n) is 3.98. The van der Waals surface area contributed by atoms with Gasteiger partial charge >= 0.3 is 17.8 Å². The molecule has 0 N–H and O–H groups in total. The van der Waals surface area contributed by atoms with Crippen molar-refractivity contribution in [2.24, 2.45) is 5.92 Å². The fourth-order valence-corrected chi connectivity index (χ4v) is 4.77. The van der Waals surface area contributed by atoms with Gasteiger partial charge in [-0.05, 0) is 18.9 Å². The molecule has 3 saturated heterocycles. The zero-order valence-corrected chi connectivity index (χ0v) is 15.6. The minimum absolute atomic E-state index is 0.0921. The number of aromatic nitrogens is 2. The predicted molar refractivity (Wildman–Crippen MR) is 98.1 cm³/mol. The van der Waals surface area contributed by atoms with Crippen molar-refractivity contribution in [1.82, 2.24) is 14.9 Å². The van der Waals surface area contributed by atoms with Crippen LogP contribution in [0.25, 0.3) is 10.4 Å². The number of ether oxygens (including phenoxy) is 3. The minimum Gasteiger partial charge on any atom is -0.456 e. The Bertz CT molecular complexity index is 916. The van der Waals surface area contributed by atoms with Crippen LogP contribution in [0, 0.1) is 5.92 Å². The third-order valence-corrected chi connectivity index (χ3v) is 6.21. The lowest BCUT2D eigenvalue weighted by Crippen LogP contribution is -2.71. The van der Waals surface area contributed by atoms with Crippen LogP contribution in [0.3, 0.4) is 0 Å². The van der Waals surface area contributed by atoms with E-state index in [0.29, 0.717) is 18.3 Å². The van der Waals surface area contributed by atoms with Crippen molar-refractivity contribution >= 4 is 23.3 Å². The summed E-state index contributed by atoms with van der Waals surface area (Å²) in [6, 6.07) is 3.80. The summed E-state index contributed by atoms with van der Waals surface area (Å²) in [6.07, 6.45) is 8.46. The second-order valence-corrected chi connectivity index (χ2v) is 7.89. The molecule has 0 saturated carbocycles. The molecule has 0 amide bonds. The number of hydrogen-bond acceptors (Lipinski definition) is 9. The number of pyridine rings is 1. The van der Waals surface area contributed by atoms with Crippen LogP contribution in [0.5, 0.6) is 5.19 Å². The quantitative estimate of drug-likeness (QED) is 0.724. The number of fused-ring (bicyclic) bond motifs is 2. The Morgan fingerprint density at radius 1 is 1.14 bits per heavy atom. The highest BCUT2D eigenvalue weighted by Gasteiger charge is 2.62. The van der Waals surface area contributed by atoms with E-state index in [1.54, 1.807) is 18.6 Å². The molecular weight excluding hydrogens is 382 g/mol. The van der Waals surface area contributed by atoms with Gasteiger partial charge in [-0.3, -0.25) is 4.98 Å². The first-order chi connectivity index (χ1) is 13.6. The van der Waals surface area contributed by atoms with E-state index in [9.17, 15) is 9.59 Å². The lowest BCUT2D eigenvalue weighted by atomic mass is 9.82. The third-order valence-electron chi connectivity index (χ3n) is 5.28. The van der Waals surface area contributed by atoms with E-state index in [1.807, 2.05) is 17.0 Å². The van der Waals surface area contributed by atoms with E-state index in [1.165, 1.54) is 11.3 Å². The molecule has 2 bridgehead atoms. The smallest absolute Gasteiger partial charge is 0.359 e. The lowest BCUT2D eigenvalue weighted by Gasteiger charge is -2.54. The Kier molecular flexibility index (Phi) is 4.13. The Morgan fingerprint density at radius 3 is 2.57 bits per heavy atom. The van der Waals surface area contributed by atoms with Gasteiger partial charge in [0.2, 0.25) is 0 Å². The van der Waals surface area contributed by atoms with Crippen molar-refractivity contribution in [2.45, 2.75) is 24.9 Å².